The summed E-state index contributed by atoms with van der Waals surface area (Å²) in [4.78, 5) is 39.3. The zero-order chi connectivity index (χ0) is 37.2. The van der Waals surface area contributed by atoms with E-state index in [0.29, 0.717) is 41.1 Å². The van der Waals surface area contributed by atoms with E-state index in [9.17, 15) is 9.59 Å². The van der Waals surface area contributed by atoms with Gasteiger partial charge < -0.3 is 9.64 Å². The van der Waals surface area contributed by atoms with Gasteiger partial charge in [-0.05, 0) is 86.6 Å². The molecule has 6 aromatic rings. The van der Waals surface area contributed by atoms with Gasteiger partial charge in [-0.2, -0.15) is 5.10 Å². The van der Waals surface area contributed by atoms with Gasteiger partial charge in [0.25, 0.3) is 5.91 Å². The van der Waals surface area contributed by atoms with Gasteiger partial charge in [-0.3, -0.25) is 14.8 Å². The number of benzene rings is 3. The maximum atomic E-state index is 13.9. The summed E-state index contributed by atoms with van der Waals surface area (Å²) in [5.74, 6) is 0.629. The Morgan fingerprint density at radius 2 is 1.72 bits per heavy atom. The number of ether oxygens (including phenoxy) is 1. The van der Waals surface area contributed by atoms with Crippen molar-refractivity contribution in [3.63, 3.8) is 0 Å². The van der Waals surface area contributed by atoms with Crippen molar-refractivity contribution in [1.29, 1.82) is 0 Å². The molecule has 1 aliphatic carbocycles. The Hall–Kier alpha value is -5.35. The van der Waals surface area contributed by atoms with Crippen LogP contribution in [0.1, 0.15) is 103 Å². The highest BCUT2D eigenvalue weighted by Gasteiger charge is 2.29. The van der Waals surface area contributed by atoms with Gasteiger partial charge in [0.05, 0.1) is 22.5 Å². The Kier molecular flexibility index (Phi) is 10.0. The van der Waals surface area contributed by atoms with E-state index in [2.05, 4.69) is 62.5 Å². The van der Waals surface area contributed by atoms with Gasteiger partial charge in [0.2, 0.25) is 0 Å². The van der Waals surface area contributed by atoms with Crippen LogP contribution in [0.5, 0.6) is 0 Å². The molecule has 1 N–H and O–H groups in total. The summed E-state index contributed by atoms with van der Waals surface area (Å²) in [5, 5.41) is 8.50. The van der Waals surface area contributed by atoms with E-state index in [0.717, 1.165) is 39.7 Å². The number of nitrogens with one attached hydrogen (secondary N) is 1. The molecule has 0 bridgehead atoms. The van der Waals surface area contributed by atoms with E-state index in [4.69, 9.17) is 14.8 Å². The molecule has 3 aromatic carbocycles. The first kappa shape index (κ1) is 35.7. The predicted octanol–water partition coefficient (Wildman–Crippen LogP) is 9.88. The first-order chi connectivity index (χ1) is 26.2. The standard InChI is InChI=1S/C44H46N6O3S/c1-44(2,3)53-42(52)40-33(32-26-45-50(27-32)37(31-15-8-5-9-16-31)25-29-13-6-4-7-14-29)21-22-39(47-40)49-24-23-30-17-12-18-34(35(30)28-49)41(51)48-43-46-36-19-10-11-20-38(36)54-43/h5,8-12,15-22,26-27,29,37H,4,6-7,13-14,23-25,28H2,1-3H3,(H,46,48,51). The van der Waals surface area contributed by atoms with E-state index in [1.165, 1.54) is 49.0 Å². The molecule has 1 unspecified atom stereocenters. The maximum Gasteiger partial charge on any atom is 0.358 e. The second-order valence-corrected chi connectivity index (χ2v) is 16.5. The first-order valence-corrected chi connectivity index (χ1v) is 19.9. The molecule has 0 saturated heterocycles. The number of carbonyl (C=O) groups excluding carboxylic acids is 2. The lowest BCUT2D eigenvalue weighted by Gasteiger charge is -2.31. The molecule has 8 rings (SSSR count). The third-order valence-corrected chi connectivity index (χ3v) is 11.5. The summed E-state index contributed by atoms with van der Waals surface area (Å²) in [6, 6.07) is 28.4. The van der Waals surface area contributed by atoms with Crippen LogP contribution < -0.4 is 10.2 Å². The fourth-order valence-corrected chi connectivity index (χ4v) is 8.74. The molecule has 9 nitrogen and oxygen atoms in total. The summed E-state index contributed by atoms with van der Waals surface area (Å²) in [7, 11) is 0. The SMILES string of the molecule is CC(C)(C)OC(=O)c1nc(N2CCc3cccc(C(=O)Nc4nc5ccccc5s4)c3C2)ccc1-c1cnn(C(CC2CCCCC2)c2ccccc2)c1. The quantitative estimate of drug-likeness (QED) is 0.147. The van der Waals surface area contributed by atoms with Gasteiger partial charge in [-0.15, -0.1) is 0 Å². The number of carbonyl (C=O) groups is 2. The average molecular weight is 739 g/mol. The normalized spacial score (nSPS) is 15.5. The van der Waals surface area contributed by atoms with Crippen LogP contribution in [0.15, 0.2) is 97.3 Å². The Balaban J connectivity index is 1.09. The van der Waals surface area contributed by atoms with Gasteiger partial charge >= 0.3 is 5.97 Å². The minimum Gasteiger partial charge on any atom is -0.455 e. The van der Waals surface area contributed by atoms with Crippen molar-refractivity contribution < 1.29 is 14.3 Å². The van der Waals surface area contributed by atoms with Crippen LogP contribution in [-0.4, -0.2) is 43.8 Å². The fourth-order valence-electron chi connectivity index (χ4n) is 7.88. The zero-order valence-electron chi connectivity index (χ0n) is 31.1. The van der Waals surface area contributed by atoms with Gasteiger partial charge in [-0.25, -0.2) is 14.8 Å². The molecular weight excluding hydrogens is 693 g/mol. The third-order valence-electron chi connectivity index (χ3n) is 10.5. The molecule has 54 heavy (non-hydrogen) atoms. The van der Waals surface area contributed by atoms with Crippen molar-refractivity contribution in [1.82, 2.24) is 19.7 Å². The minimum absolute atomic E-state index is 0.0923. The number of rotatable bonds is 9. The molecule has 1 atom stereocenters. The average Bonchev–Trinajstić information content (AvgIpc) is 3.84. The lowest BCUT2D eigenvalue weighted by molar-refractivity contribution is 0.00638. The summed E-state index contributed by atoms with van der Waals surface area (Å²) < 4.78 is 9.02. The number of hydrogen-bond donors (Lipinski definition) is 1. The molecule has 2 aliphatic rings. The van der Waals surface area contributed by atoms with Crippen LogP contribution in [0.3, 0.4) is 0 Å². The van der Waals surface area contributed by atoms with Gasteiger partial charge in [0.15, 0.2) is 10.8 Å². The van der Waals surface area contributed by atoms with E-state index in [1.54, 1.807) is 0 Å². The van der Waals surface area contributed by atoms with Crippen LogP contribution >= 0.6 is 11.3 Å². The van der Waals surface area contributed by atoms with Crippen molar-refractivity contribution in [2.75, 3.05) is 16.8 Å². The van der Waals surface area contributed by atoms with Crippen LogP contribution in [0, 0.1) is 5.92 Å². The molecule has 1 fully saturated rings. The van der Waals surface area contributed by atoms with Gasteiger partial charge in [0.1, 0.15) is 11.4 Å². The van der Waals surface area contributed by atoms with E-state index in [-0.39, 0.29) is 17.6 Å². The monoisotopic (exact) mass is 738 g/mol. The first-order valence-electron chi connectivity index (χ1n) is 19.0. The number of pyridine rings is 1. The number of aromatic nitrogens is 4. The molecule has 10 heteroatoms. The number of nitrogens with zero attached hydrogens (tertiary/aromatic N) is 5. The Morgan fingerprint density at radius 1 is 0.926 bits per heavy atom. The number of amides is 1. The number of hydrogen-bond acceptors (Lipinski definition) is 8. The van der Waals surface area contributed by atoms with Crippen LogP contribution in [0.2, 0.25) is 0 Å². The van der Waals surface area contributed by atoms with Crippen molar-refractivity contribution in [2.45, 2.75) is 83.9 Å². The number of thiazole rings is 1. The van der Waals surface area contributed by atoms with Crippen molar-refractivity contribution in [3.8, 4) is 11.1 Å². The Morgan fingerprint density at radius 3 is 2.52 bits per heavy atom. The second-order valence-electron chi connectivity index (χ2n) is 15.5. The van der Waals surface area contributed by atoms with E-state index in [1.807, 2.05) is 75.5 Å². The molecule has 276 valence electrons. The molecule has 3 aromatic heterocycles. The topological polar surface area (TPSA) is 102 Å². The molecule has 1 aliphatic heterocycles. The number of fused-ring (bicyclic) bond motifs is 2. The summed E-state index contributed by atoms with van der Waals surface area (Å²) in [6.07, 6.45) is 12.1. The highest BCUT2D eigenvalue weighted by Crippen LogP contribution is 2.36. The van der Waals surface area contributed by atoms with Crippen LogP contribution in [0.4, 0.5) is 10.9 Å². The fraction of sp³-hybridized carbons (Fsp3) is 0.341. The Bertz CT molecular complexity index is 2250. The molecule has 1 amide bonds. The molecule has 0 radical (unpaired) electrons. The van der Waals surface area contributed by atoms with E-state index >= 15 is 0 Å². The summed E-state index contributed by atoms with van der Waals surface area (Å²) in [5.41, 5.74) is 5.80. The van der Waals surface area contributed by atoms with Crippen molar-refractivity contribution in [3.05, 3.63) is 125 Å². The highest BCUT2D eigenvalue weighted by atomic mass is 32.1. The lowest BCUT2D eigenvalue weighted by atomic mass is 9.83. The third kappa shape index (κ3) is 7.80. The Labute approximate surface area is 320 Å². The molecule has 1 saturated carbocycles. The predicted molar refractivity (Wildman–Crippen MR) is 215 cm³/mol. The molecule has 0 spiro atoms. The van der Waals surface area contributed by atoms with Crippen LogP contribution in [-0.2, 0) is 17.7 Å². The highest BCUT2D eigenvalue weighted by molar-refractivity contribution is 7.22. The van der Waals surface area contributed by atoms with Gasteiger partial charge in [0, 0.05) is 36.0 Å². The van der Waals surface area contributed by atoms with Crippen molar-refractivity contribution in [2.24, 2.45) is 5.92 Å². The van der Waals surface area contributed by atoms with Gasteiger partial charge in [-0.1, -0.05) is 98.0 Å². The molecular formula is C44H46N6O3S. The second kappa shape index (κ2) is 15.2. The summed E-state index contributed by atoms with van der Waals surface area (Å²) >= 11 is 1.46. The number of para-hydroxylation sites is 1. The number of esters is 1. The molecule has 4 heterocycles. The van der Waals surface area contributed by atoms with Crippen molar-refractivity contribution >= 4 is 44.4 Å². The lowest BCUT2D eigenvalue weighted by Crippen LogP contribution is -2.33. The maximum absolute atomic E-state index is 13.9. The smallest absolute Gasteiger partial charge is 0.358 e. The number of anilines is 2. The zero-order valence-corrected chi connectivity index (χ0v) is 31.9. The minimum atomic E-state index is -0.704. The summed E-state index contributed by atoms with van der Waals surface area (Å²) in [6.45, 7) is 6.75. The largest absolute Gasteiger partial charge is 0.455 e. The van der Waals surface area contributed by atoms with Crippen LogP contribution in [0.25, 0.3) is 21.3 Å². The van der Waals surface area contributed by atoms with E-state index < -0.39 is 11.6 Å².